The number of morpholine rings is 1. The number of alkyl halides is 2. The van der Waals surface area contributed by atoms with Gasteiger partial charge in [-0.1, -0.05) is 0 Å². The van der Waals surface area contributed by atoms with Gasteiger partial charge in [0.1, 0.15) is 30.9 Å². The monoisotopic (exact) mass is 433 g/mol. The molecule has 3 rings (SSSR count). The van der Waals surface area contributed by atoms with Gasteiger partial charge in [-0.2, -0.15) is 5.26 Å². The molecule has 1 unspecified atom stereocenters. The zero-order chi connectivity index (χ0) is 22.8. The molecule has 1 saturated heterocycles. The minimum atomic E-state index is -1.83. The molecule has 0 bridgehead atoms. The summed E-state index contributed by atoms with van der Waals surface area (Å²) in [6, 6.07) is 7.41. The van der Waals surface area contributed by atoms with Crippen molar-refractivity contribution >= 4 is 11.6 Å². The van der Waals surface area contributed by atoms with Crippen LogP contribution < -0.4 is 16.4 Å². The number of nitrogens with two attached hydrogens (primary N) is 1. The highest BCUT2D eigenvalue weighted by atomic mass is 19.1. The molecule has 164 valence electrons. The molecule has 0 aliphatic carbocycles. The van der Waals surface area contributed by atoms with Crippen LogP contribution in [0.1, 0.15) is 34.1 Å². The summed E-state index contributed by atoms with van der Waals surface area (Å²) in [5.41, 5.74) is 4.20. The molecule has 10 heteroatoms. The van der Waals surface area contributed by atoms with E-state index in [1.807, 2.05) is 6.07 Å². The molecule has 4 N–H and O–H groups in total. The molecule has 1 aromatic heterocycles. The Kier molecular flexibility index (Phi) is 6.31. The number of anilines is 1. The maximum Gasteiger partial charge on any atom is 0.274 e. The zero-order valence-corrected chi connectivity index (χ0v) is 17.0. The van der Waals surface area contributed by atoms with Crippen molar-refractivity contribution in [3.8, 4) is 6.07 Å². The standard InChI is InChI=1S/C21H22F3N5O2/c1-12-5-13(7-25)8-27-17(12)18(30)28-14-3-4-16(24)15(6-14)20(2)11-31-21(9-22,10-23)19(26)29-20/h3-6,8,19,29H,9-11,26H2,1-2H3,(H,28,30)/t19?,20-/m0/s1. The second-order valence-corrected chi connectivity index (χ2v) is 7.72. The summed E-state index contributed by atoms with van der Waals surface area (Å²) < 4.78 is 46.7. The van der Waals surface area contributed by atoms with Crippen molar-refractivity contribution in [2.24, 2.45) is 5.73 Å². The van der Waals surface area contributed by atoms with Crippen LogP contribution in [0, 0.1) is 24.1 Å². The van der Waals surface area contributed by atoms with Gasteiger partial charge in [-0.15, -0.1) is 0 Å². The summed E-state index contributed by atoms with van der Waals surface area (Å²) in [5, 5.41) is 14.4. The van der Waals surface area contributed by atoms with Gasteiger partial charge in [0.25, 0.3) is 5.91 Å². The molecule has 2 atom stereocenters. The molecule has 0 radical (unpaired) electrons. The van der Waals surface area contributed by atoms with Crippen LogP contribution in [0.5, 0.6) is 0 Å². The Balaban J connectivity index is 1.86. The number of hydrogen-bond acceptors (Lipinski definition) is 6. The summed E-state index contributed by atoms with van der Waals surface area (Å²) in [6.45, 7) is 0.724. The third-order valence-corrected chi connectivity index (χ3v) is 5.38. The molecular weight excluding hydrogens is 411 g/mol. The number of rotatable bonds is 5. The number of aryl methyl sites for hydroxylation is 1. The molecule has 31 heavy (non-hydrogen) atoms. The zero-order valence-electron chi connectivity index (χ0n) is 17.0. The lowest BCUT2D eigenvalue weighted by atomic mass is 9.87. The average molecular weight is 433 g/mol. The van der Waals surface area contributed by atoms with Crippen LogP contribution in [-0.4, -0.2) is 42.6 Å². The van der Waals surface area contributed by atoms with Crippen LogP contribution in [0.2, 0.25) is 0 Å². The molecule has 1 aliphatic heterocycles. The fourth-order valence-corrected chi connectivity index (χ4v) is 3.42. The molecule has 7 nitrogen and oxygen atoms in total. The first-order valence-corrected chi connectivity index (χ1v) is 9.45. The quantitative estimate of drug-likeness (QED) is 0.668. The second-order valence-electron chi connectivity index (χ2n) is 7.72. The number of nitriles is 1. The largest absolute Gasteiger partial charge is 0.364 e. The van der Waals surface area contributed by atoms with Gasteiger partial charge >= 0.3 is 0 Å². The van der Waals surface area contributed by atoms with E-state index < -0.39 is 42.4 Å². The SMILES string of the molecule is Cc1cc(C#N)cnc1C(=O)Nc1ccc(F)c([C@]2(C)COC(CF)(CF)C(N)N2)c1. The predicted octanol–water partition coefficient (Wildman–Crippen LogP) is 2.45. The van der Waals surface area contributed by atoms with E-state index in [4.69, 9.17) is 15.7 Å². The number of benzene rings is 1. The number of ether oxygens (including phenoxy) is 1. The highest BCUT2D eigenvalue weighted by molar-refractivity contribution is 6.03. The minimum Gasteiger partial charge on any atom is -0.364 e. The highest BCUT2D eigenvalue weighted by Gasteiger charge is 2.49. The van der Waals surface area contributed by atoms with Gasteiger partial charge in [0.15, 0.2) is 5.60 Å². The highest BCUT2D eigenvalue weighted by Crippen LogP contribution is 2.34. The Labute approximate surface area is 177 Å². The molecule has 1 fully saturated rings. The Hall–Kier alpha value is -3.00. The van der Waals surface area contributed by atoms with Gasteiger partial charge in [0.05, 0.1) is 23.9 Å². The summed E-state index contributed by atoms with van der Waals surface area (Å²) in [7, 11) is 0. The van der Waals surface area contributed by atoms with Crippen molar-refractivity contribution in [2.75, 3.05) is 25.3 Å². The maximum absolute atomic E-state index is 14.7. The van der Waals surface area contributed by atoms with Gasteiger partial charge in [-0.25, -0.2) is 18.2 Å². The lowest BCUT2D eigenvalue weighted by Crippen LogP contribution is -2.70. The molecule has 2 aromatic rings. The normalized spacial score (nSPS) is 22.5. The van der Waals surface area contributed by atoms with E-state index in [0.29, 0.717) is 11.1 Å². The van der Waals surface area contributed by atoms with Crippen LogP contribution in [0.3, 0.4) is 0 Å². The third kappa shape index (κ3) is 4.25. The lowest BCUT2D eigenvalue weighted by Gasteiger charge is -2.47. The first-order valence-electron chi connectivity index (χ1n) is 9.45. The predicted molar refractivity (Wildman–Crippen MR) is 107 cm³/mol. The minimum absolute atomic E-state index is 0.108. The third-order valence-electron chi connectivity index (χ3n) is 5.38. The number of amides is 1. The number of hydrogen-bond donors (Lipinski definition) is 3. The molecule has 1 aliphatic rings. The van der Waals surface area contributed by atoms with Gasteiger partial charge in [0, 0.05) is 17.4 Å². The number of pyridine rings is 1. The van der Waals surface area contributed by atoms with Crippen LogP contribution in [0.4, 0.5) is 18.9 Å². The van der Waals surface area contributed by atoms with Crippen LogP contribution in [0.25, 0.3) is 0 Å². The summed E-state index contributed by atoms with van der Waals surface area (Å²) in [5.74, 6) is -1.15. The van der Waals surface area contributed by atoms with Crippen molar-refractivity contribution in [2.45, 2.75) is 31.2 Å². The molecule has 0 spiro atoms. The molecular formula is C21H22F3N5O2. The number of carbonyl (C=O) groups excluding carboxylic acids is 1. The van der Waals surface area contributed by atoms with Crippen molar-refractivity contribution in [1.82, 2.24) is 10.3 Å². The number of carbonyl (C=O) groups is 1. The van der Waals surface area contributed by atoms with E-state index in [1.54, 1.807) is 13.8 Å². The van der Waals surface area contributed by atoms with Gasteiger partial charge in [0.2, 0.25) is 0 Å². The van der Waals surface area contributed by atoms with Crippen LogP contribution >= 0.6 is 0 Å². The summed E-state index contributed by atoms with van der Waals surface area (Å²) in [6.07, 6.45) is 0.0653. The lowest BCUT2D eigenvalue weighted by molar-refractivity contribution is -0.154. The van der Waals surface area contributed by atoms with Gasteiger partial charge in [-0.3, -0.25) is 10.1 Å². The van der Waals surface area contributed by atoms with Gasteiger partial charge < -0.3 is 15.8 Å². The average Bonchev–Trinajstić information content (AvgIpc) is 2.75. The van der Waals surface area contributed by atoms with E-state index in [9.17, 15) is 18.0 Å². The maximum atomic E-state index is 14.7. The van der Waals surface area contributed by atoms with Crippen LogP contribution in [-0.2, 0) is 10.3 Å². The number of nitrogens with one attached hydrogen (secondary N) is 2. The number of halogens is 3. The fraction of sp³-hybridized carbons (Fsp3) is 0.381. The topological polar surface area (TPSA) is 113 Å². The molecule has 0 saturated carbocycles. The first kappa shape index (κ1) is 22.7. The summed E-state index contributed by atoms with van der Waals surface area (Å²) in [4.78, 5) is 16.6. The number of aromatic nitrogens is 1. The van der Waals surface area contributed by atoms with E-state index in [0.717, 1.165) is 6.07 Å². The van der Waals surface area contributed by atoms with E-state index >= 15 is 0 Å². The fourth-order valence-electron chi connectivity index (χ4n) is 3.42. The van der Waals surface area contributed by atoms with E-state index in [2.05, 4.69) is 15.6 Å². The molecule has 2 heterocycles. The van der Waals surface area contributed by atoms with Crippen molar-refractivity contribution in [3.63, 3.8) is 0 Å². The van der Waals surface area contributed by atoms with Gasteiger partial charge in [-0.05, 0) is 43.7 Å². The number of nitrogens with zero attached hydrogens (tertiary/aromatic N) is 2. The van der Waals surface area contributed by atoms with Crippen molar-refractivity contribution < 1.29 is 22.7 Å². The van der Waals surface area contributed by atoms with E-state index in [1.165, 1.54) is 24.4 Å². The Morgan fingerprint density at radius 2 is 2.13 bits per heavy atom. The van der Waals surface area contributed by atoms with Crippen LogP contribution in [0.15, 0.2) is 30.5 Å². The van der Waals surface area contributed by atoms with Crippen molar-refractivity contribution in [3.05, 3.63) is 58.7 Å². The Morgan fingerprint density at radius 3 is 2.71 bits per heavy atom. The van der Waals surface area contributed by atoms with E-state index in [-0.39, 0.29) is 23.6 Å². The second kappa shape index (κ2) is 8.63. The van der Waals surface area contributed by atoms with Crippen molar-refractivity contribution in [1.29, 1.82) is 5.26 Å². The smallest absolute Gasteiger partial charge is 0.274 e. The Bertz CT molecular complexity index is 1040. The summed E-state index contributed by atoms with van der Waals surface area (Å²) >= 11 is 0. The Morgan fingerprint density at radius 1 is 1.42 bits per heavy atom. The first-order chi connectivity index (χ1) is 14.7. The molecule has 1 amide bonds. The molecule has 1 aromatic carbocycles.